The second-order valence-corrected chi connectivity index (χ2v) is 4.22. The summed E-state index contributed by atoms with van der Waals surface area (Å²) < 4.78 is 26.6. The highest BCUT2D eigenvalue weighted by Crippen LogP contribution is 2.35. The van der Waals surface area contributed by atoms with Crippen molar-refractivity contribution in [1.82, 2.24) is 0 Å². The molecule has 1 aliphatic rings. The highest BCUT2D eigenvalue weighted by molar-refractivity contribution is 6.31. The maximum absolute atomic E-state index is 13.5. The molecule has 1 N–H and O–H groups in total. The van der Waals surface area contributed by atoms with E-state index in [2.05, 4.69) is 0 Å². The number of hydrogen-bond donors (Lipinski definition) is 1. The second-order valence-electron chi connectivity index (χ2n) is 3.81. The van der Waals surface area contributed by atoms with Crippen LogP contribution in [0.15, 0.2) is 6.07 Å². The third kappa shape index (κ3) is 1.86. The number of fused-ring (bicyclic) bond motifs is 1. The number of rotatable bonds is 0. The van der Waals surface area contributed by atoms with Gasteiger partial charge >= 0.3 is 0 Å². The topological polar surface area (TPSA) is 20.2 Å². The first-order chi connectivity index (χ1) is 7.11. The lowest BCUT2D eigenvalue weighted by Gasteiger charge is -2.14. The molecule has 1 nitrogen and oxygen atoms in total. The lowest BCUT2D eigenvalue weighted by molar-refractivity contribution is 0.161. The minimum Gasteiger partial charge on any atom is -0.388 e. The van der Waals surface area contributed by atoms with Gasteiger partial charge in [0.2, 0.25) is 0 Å². The molecule has 0 amide bonds. The maximum Gasteiger partial charge on any atom is 0.164 e. The van der Waals surface area contributed by atoms with Crippen LogP contribution >= 0.6 is 11.6 Å². The Morgan fingerprint density at radius 3 is 2.80 bits per heavy atom. The molecule has 0 spiro atoms. The van der Waals surface area contributed by atoms with Gasteiger partial charge in [-0.25, -0.2) is 8.78 Å². The molecule has 4 heteroatoms. The highest BCUT2D eigenvalue weighted by atomic mass is 35.5. The van der Waals surface area contributed by atoms with Crippen LogP contribution in [0.4, 0.5) is 8.78 Å². The third-order valence-electron chi connectivity index (χ3n) is 2.80. The molecule has 1 aromatic carbocycles. The van der Waals surface area contributed by atoms with Crippen molar-refractivity contribution in [3.63, 3.8) is 0 Å². The van der Waals surface area contributed by atoms with E-state index in [9.17, 15) is 13.9 Å². The van der Waals surface area contributed by atoms with E-state index < -0.39 is 17.7 Å². The molecule has 1 atom stereocenters. The molecule has 1 aromatic rings. The zero-order valence-electron chi connectivity index (χ0n) is 8.06. The van der Waals surface area contributed by atoms with Gasteiger partial charge < -0.3 is 5.11 Å². The Bertz CT molecular complexity index is 393. The van der Waals surface area contributed by atoms with E-state index in [-0.39, 0.29) is 10.6 Å². The van der Waals surface area contributed by atoms with Gasteiger partial charge in [0, 0.05) is 10.6 Å². The Balaban J connectivity index is 2.63. The predicted octanol–water partition coefficient (Wildman–Crippen LogP) is 3.38. The van der Waals surface area contributed by atoms with Crippen molar-refractivity contribution in [3.8, 4) is 0 Å². The van der Waals surface area contributed by atoms with Crippen LogP contribution in [0.5, 0.6) is 0 Å². The highest BCUT2D eigenvalue weighted by Gasteiger charge is 2.25. The van der Waals surface area contributed by atoms with Gasteiger partial charge in [-0.05, 0) is 30.9 Å². The fraction of sp³-hybridized carbons (Fsp3) is 0.455. The first-order valence-electron chi connectivity index (χ1n) is 4.95. The summed E-state index contributed by atoms with van der Waals surface area (Å²) in [7, 11) is 0. The minimum atomic E-state index is -0.986. The summed E-state index contributed by atoms with van der Waals surface area (Å²) >= 11 is 5.84. The molecule has 0 aromatic heterocycles. The number of benzene rings is 1. The van der Waals surface area contributed by atoms with Crippen molar-refractivity contribution >= 4 is 11.6 Å². The van der Waals surface area contributed by atoms with E-state index in [0.29, 0.717) is 18.4 Å². The summed E-state index contributed by atoms with van der Waals surface area (Å²) in [5, 5.41) is 9.92. The smallest absolute Gasteiger partial charge is 0.164 e. The van der Waals surface area contributed by atoms with Crippen LogP contribution in [0.25, 0.3) is 0 Å². The molecule has 1 aliphatic carbocycles. The Morgan fingerprint density at radius 1 is 1.33 bits per heavy atom. The van der Waals surface area contributed by atoms with Crippen molar-refractivity contribution in [1.29, 1.82) is 0 Å². The molecule has 0 saturated heterocycles. The van der Waals surface area contributed by atoms with Crippen LogP contribution in [0.1, 0.15) is 36.5 Å². The van der Waals surface area contributed by atoms with E-state index in [1.807, 2.05) is 0 Å². The van der Waals surface area contributed by atoms with Crippen LogP contribution in [-0.4, -0.2) is 5.11 Å². The molecule has 15 heavy (non-hydrogen) atoms. The Kier molecular flexibility index (Phi) is 2.94. The summed E-state index contributed by atoms with van der Waals surface area (Å²) in [4.78, 5) is 0. The second kappa shape index (κ2) is 4.06. The molecule has 0 unspecified atom stereocenters. The van der Waals surface area contributed by atoms with Crippen molar-refractivity contribution in [2.75, 3.05) is 0 Å². The van der Waals surface area contributed by atoms with Crippen molar-refractivity contribution in [3.05, 3.63) is 33.9 Å². The minimum absolute atomic E-state index is 0.0532. The van der Waals surface area contributed by atoms with E-state index >= 15 is 0 Å². The summed E-state index contributed by atoms with van der Waals surface area (Å²) in [6.45, 7) is 0. The summed E-state index contributed by atoms with van der Waals surface area (Å²) in [5.41, 5.74) is 0.609. The van der Waals surface area contributed by atoms with Gasteiger partial charge in [0.1, 0.15) is 0 Å². The number of halogens is 3. The molecule has 0 heterocycles. The van der Waals surface area contributed by atoms with E-state index in [0.717, 1.165) is 18.9 Å². The van der Waals surface area contributed by atoms with E-state index in [1.165, 1.54) is 0 Å². The molecule has 82 valence electrons. The fourth-order valence-corrected chi connectivity index (χ4v) is 2.33. The van der Waals surface area contributed by atoms with E-state index in [4.69, 9.17) is 11.6 Å². The predicted molar refractivity (Wildman–Crippen MR) is 53.9 cm³/mol. The molecule has 0 fully saturated rings. The first-order valence-corrected chi connectivity index (χ1v) is 5.33. The zero-order chi connectivity index (χ0) is 11.0. The van der Waals surface area contributed by atoms with Crippen LogP contribution in [0.2, 0.25) is 5.02 Å². The van der Waals surface area contributed by atoms with Gasteiger partial charge in [0.25, 0.3) is 0 Å². The van der Waals surface area contributed by atoms with Gasteiger partial charge in [-0.1, -0.05) is 18.0 Å². The summed E-state index contributed by atoms with van der Waals surface area (Å²) in [6, 6.07) is 0.980. The normalized spacial score (nSPS) is 20.9. The molecule has 0 bridgehead atoms. The largest absolute Gasteiger partial charge is 0.388 e. The average molecular weight is 233 g/mol. The molecular formula is C11H11ClF2O. The molecule has 2 rings (SSSR count). The number of aliphatic hydroxyl groups excluding tert-OH is 1. The summed E-state index contributed by atoms with van der Waals surface area (Å²) in [6.07, 6.45) is 1.77. The van der Waals surface area contributed by atoms with Gasteiger partial charge in [-0.2, -0.15) is 0 Å². The van der Waals surface area contributed by atoms with Gasteiger partial charge in [0.15, 0.2) is 11.6 Å². The SMILES string of the molecule is O[C@@H]1CCCCc2c(Cl)cc(F)c(F)c21. The van der Waals surface area contributed by atoms with E-state index in [1.54, 1.807) is 0 Å². The molecule has 0 aliphatic heterocycles. The maximum atomic E-state index is 13.5. The number of aliphatic hydroxyl groups is 1. The lowest BCUT2D eigenvalue weighted by atomic mass is 10.00. The first kappa shape index (κ1) is 10.8. The van der Waals surface area contributed by atoms with Crippen LogP contribution in [0.3, 0.4) is 0 Å². The number of hydrogen-bond acceptors (Lipinski definition) is 1. The summed E-state index contributed by atoms with van der Waals surface area (Å²) in [5.74, 6) is -1.94. The van der Waals surface area contributed by atoms with Gasteiger partial charge in [-0.3, -0.25) is 0 Å². The van der Waals surface area contributed by atoms with Crippen molar-refractivity contribution < 1.29 is 13.9 Å². The van der Waals surface area contributed by atoms with Crippen LogP contribution in [0, 0.1) is 11.6 Å². The Morgan fingerprint density at radius 2 is 2.07 bits per heavy atom. The third-order valence-corrected chi connectivity index (χ3v) is 3.14. The molecule has 0 radical (unpaired) electrons. The van der Waals surface area contributed by atoms with Gasteiger partial charge in [0.05, 0.1) is 6.10 Å². The molecular weight excluding hydrogens is 222 g/mol. The average Bonchev–Trinajstić information content (AvgIpc) is 2.37. The standard InChI is InChI=1S/C11H11ClF2O/c12-7-5-8(13)11(14)10-6(7)3-1-2-4-9(10)15/h5,9,15H,1-4H2/t9-/m1/s1. The lowest BCUT2D eigenvalue weighted by Crippen LogP contribution is -2.05. The Hall–Kier alpha value is -0.670. The van der Waals surface area contributed by atoms with Crippen molar-refractivity contribution in [2.24, 2.45) is 0 Å². The van der Waals surface area contributed by atoms with Crippen LogP contribution < -0.4 is 0 Å². The zero-order valence-corrected chi connectivity index (χ0v) is 8.82. The van der Waals surface area contributed by atoms with Crippen LogP contribution in [-0.2, 0) is 6.42 Å². The Labute approximate surface area is 91.7 Å². The van der Waals surface area contributed by atoms with Crippen molar-refractivity contribution in [2.45, 2.75) is 31.8 Å². The fourth-order valence-electron chi connectivity index (χ4n) is 2.04. The van der Waals surface area contributed by atoms with Gasteiger partial charge in [-0.15, -0.1) is 0 Å². The quantitative estimate of drug-likeness (QED) is 0.537. The molecule has 0 saturated carbocycles. The monoisotopic (exact) mass is 232 g/mol.